The minimum atomic E-state index is -0.418. The quantitative estimate of drug-likeness (QED) is 0.521. The molecular formula is C25H27BO4. The number of benzene rings is 3. The van der Waals surface area contributed by atoms with Crippen molar-refractivity contribution in [2.75, 3.05) is 0 Å². The Balaban J connectivity index is 1.44. The standard InChI is InChI=1S/C25H27BO4/c1-24(2)25(3,4)30-26(29-24)20-12-8-14-22(16-20)28-23-15-9-13-21(17-23)27-18-19-10-6-5-7-11-19/h5-17H,18H2,1-4H3. The Morgan fingerprint density at radius 2 is 1.30 bits per heavy atom. The summed E-state index contributed by atoms with van der Waals surface area (Å²) in [7, 11) is -0.418. The summed E-state index contributed by atoms with van der Waals surface area (Å²) >= 11 is 0. The average Bonchev–Trinajstić information content (AvgIpc) is 2.95. The normalized spacial score (nSPS) is 17.0. The van der Waals surface area contributed by atoms with Gasteiger partial charge in [0.1, 0.15) is 23.9 Å². The molecule has 1 saturated heterocycles. The van der Waals surface area contributed by atoms with Crippen LogP contribution in [0.5, 0.6) is 17.2 Å². The Morgan fingerprint density at radius 3 is 2.00 bits per heavy atom. The minimum absolute atomic E-state index is 0.376. The van der Waals surface area contributed by atoms with Gasteiger partial charge in [0.15, 0.2) is 0 Å². The van der Waals surface area contributed by atoms with Crippen molar-refractivity contribution in [2.45, 2.75) is 45.5 Å². The molecule has 1 aliphatic rings. The maximum Gasteiger partial charge on any atom is 0.494 e. The molecule has 0 spiro atoms. The van der Waals surface area contributed by atoms with E-state index in [0.717, 1.165) is 22.5 Å². The van der Waals surface area contributed by atoms with E-state index in [2.05, 4.69) is 0 Å². The van der Waals surface area contributed by atoms with E-state index in [0.29, 0.717) is 12.4 Å². The molecule has 4 rings (SSSR count). The van der Waals surface area contributed by atoms with Gasteiger partial charge in [0, 0.05) is 6.07 Å². The summed E-state index contributed by atoms with van der Waals surface area (Å²) in [4.78, 5) is 0. The highest BCUT2D eigenvalue weighted by atomic mass is 16.7. The fraction of sp³-hybridized carbons (Fsp3) is 0.280. The molecule has 4 nitrogen and oxygen atoms in total. The topological polar surface area (TPSA) is 36.9 Å². The molecular weight excluding hydrogens is 375 g/mol. The number of rotatable bonds is 6. The Kier molecular flexibility index (Phi) is 5.59. The Bertz CT molecular complexity index is 985. The zero-order valence-corrected chi connectivity index (χ0v) is 17.9. The summed E-state index contributed by atoms with van der Waals surface area (Å²) in [6.07, 6.45) is 0. The van der Waals surface area contributed by atoms with E-state index >= 15 is 0 Å². The van der Waals surface area contributed by atoms with Crippen LogP contribution in [0.1, 0.15) is 33.3 Å². The van der Waals surface area contributed by atoms with E-state index in [9.17, 15) is 0 Å². The molecule has 30 heavy (non-hydrogen) atoms. The Morgan fingerprint density at radius 1 is 0.700 bits per heavy atom. The van der Waals surface area contributed by atoms with Gasteiger partial charge in [-0.25, -0.2) is 0 Å². The Labute approximate surface area is 178 Å². The third kappa shape index (κ3) is 4.53. The second-order valence-electron chi connectivity index (χ2n) is 8.51. The highest BCUT2D eigenvalue weighted by Gasteiger charge is 2.51. The van der Waals surface area contributed by atoms with Crippen LogP contribution in [0.2, 0.25) is 0 Å². The first-order valence-corrected chi connectivity index (χ1v) is 10.2. The van der Waals surface area contributed by atoms with Crippen molar-refractivity contribution in [2.24, 2.45) is 0 Å². The minimum Gasteiger partial charge on any atom is -0.489 e. The molecule has 0 amide bonds. The second kappa shape index (κ2) is 8.17. The van der Waals surface area contributed by atoms with Gasteiger partial charge in [0.05, 0.1) is 11.2 Å². The largest absolute Gasteiger partial charge is 0.494 e. The van der Waals surface area contributed by atoms with Crippen LogP contribution in [-0.2, 0) is 15.9 Å². The molecule has 0 aliphatic carbocycles. The molecule has 0 saturated carbocycles. The first-order valence-electron chi connectivity index (χ1n) is 10.2. The first-order chi connectivity index (χ1) is 14.3. The van der Waals surface area contributed by atoms with Crippen molar-refractivity contribution in [3.63, 3.8) is 0 Å². The van der Waals surface area contributed by atoms with Gasteiger partial charge in [-0.15, -0.1) is 0 Å². The van der Waals surface area contributed by atoms with Crippen molar-refractivity contribution < 1.29 is 18.8 Å². The van der Waals surface area contributed by atoms with Gasteiger partial charge in [0.2, 0.25) is 0 Å². The van der Waals surface area contributed by atoms with Crippen LogP contribution in [-0.4, -0.2) is 18.3 Å². The van der Waals surface area contributed by atoms with Gasteiger partial charge >= 0.3 is 7.12 Å². The molecule has 0 aromatic heterocycles. The number of hydrogen-bond acceptors (Lipinski definition) is 4. The fourth-order valence-electron chi connectivity index (χ4n) is 3.21. The van der Waals surface area contributed by atoms with Crippen LogP contribution < -0.4 is 14.9 Å². The van der Waals surface area contributed by atoms with Crippen LogP contribution >= 0.6 is 0 Å². The lowest BCUT2D eigenvalue weighted by molar-refractivity contribution is 0.00578. The smallest absolute Gasteiger partial charge is 0.489 e. The summed E-state index contributed by atoms with van der Waals surface area (Å²) in [6.45, 7) is 8.72. The number of ether oxygens (including phenoxy) is 2. The van der Waals surface area contributed by atoms with E-state index in [-0.39, 0.29) is 11.2 Å². The van der Waals surface area contributed by atoms with Gasteiger partial charge in [-0.3, -0.25) is 0 Å². The van der Waals surface area contributed by atoms with E-state index in [1.807, 2.05) is 107 Å². The molecule has 0 N–H and O–H groups in total. The maximum absolute atomic E-state index is 6.15. The van der Waals surface area contributed by atoms with Crippen LogP contribution in [0.4, 0.5) is 0 Å². The SMILES string of the molecule is CC1(C)OB(c2cccc(Oc3cccc(OCc4ccccc4)c3)c2)OC1(C)C. The van der Waals surface area contributed by atoms with Crippen LogP contribution in [0.15, 0.2) is 78.9 Å². The van der Waals surface area contributed by atoms with Crippen molar-refractivity contribution in [3.05, 3.63) is 84.4 Å². The monoisotopic (exact) mass is 402 g/mol. The van der Waals surface area contributed by atoms with Gasteiger partial charge in [0.25, 0.3) is 0 Å². The van der Waals surface area contributed by atoms with Gasteiger partial charge in [-0.1, -0.05) is 48.5 Å². The third-order valence-corrected chi connectivity index (χ3v) is 5.67. The van der Waals surface area contributed by atoms with Crippen molar-refractivity contribution >= 4 is 12.6 Å². The highest BCUT2D eigenvalue weighted by molar-refractivity contribution is 6.62. The zero-order chi connectivity index (χ0) is 21.2. The molecule has 1 heterocycles. The van der Waals surface area contributed by atoms with Crippen LogP contribution in [0, 0.1) is 0 Å². The summed E-state index contributed by atoms with van der Waals surface area (Å²) in [5.41, 5.74) is 1.30. The molecule has 0 radical (unpaired) electrons. The van der Waals surface area contributed by atoms with Gasteiger partial charge < -0.3 is 18.8 Å². The molecule has 3 aromatic rings. The molecule has 0 atom stereocenters. The highest BCUT2D eigenvalue weighted by Crippen LogP contribution is 2.36. The van der Waals surface area contributed by atoms with Crippen molar-refractivity contribution in [1.82, 2.24) is 0 Å². The van der Waals surface area contributed by atoms with E-state index in [1.165, 1.54) is 0 Å². The molecule has 5 heteroatoms. The van der Waals surface area contributed by atoms with Crippen molar-refractivity contribution in [1.29, 1.82) is 0 Å². The predicted octanol–water partition coefficient (Wildman–Crippen LogP) is 5.36. The zero-order valence-electron chi connectivity index (χ0n) is 17.9. The fourth-order valence-corrected chi connectivity index (χ4v) is 3.21. The maximum atomic E-state index is 6.15. The number of hydrogen-bond donors (Lipinski definition) is 0. The molecule has 0 bridgehead atoms. The van der Waals surface area contributed by atoms with Crippen LogP contribution in [0.25, 0.3) is 0 Å². The van der Waals surface area contributed by atoms with E-state index in [1.54, 1.807) is 0 Å². The first kappa shape index (κ1) is 20.5. The lowest BCUT2D eigenvalue weighted by Crippen LogP contribution is -2.41. The lowest BCUT2D eigenvalue weighted by Gasteiger charge is -2.32. The third-order valence-electron chi connectivity index (χ3n) is 5.67. The summed E-state index contributed by atoms with van der Waals surface area (Å²) < 4.78 is 24.3. The Hall–Kier alpha value is -2.76. The predicted molar refractivity (Wildman–Crippen MR) is 119 cm³/mol. The second-order valence-corrected chi connectivity index (χ2v) is 8.51. The molecule has 1 aliphatic heterocycles. The van der Waals surface area contributed by atoms with Crippen molar-refractivity contribution in [3.8, 4) is 17.2 Å². The lowest BCUT2D eigenvalue weighted by atomic mass is 9.79. The molecule has 3 aromatic carbocycles. The molecule has 154 valence electrons. The molecule has 0 unspecified atom stereocenters. The van der Waals surface area contributed by atoms with E-state index in [4.69, 9.17) is 18.8 Å². The van der Waals surface area contributed by atoms with Gasteiger partial charge in [-0.2, -0.15) is 0 Å². The molecule has 1 fully saturated rings. The summed E-state index contributed by atoms with van der Waals surface area (Å²) in [5, 5.41) is 0. The van der Waals surface area contributed by atoms with Crippen LogP contribution in [0.3, 0.4) is 0 Å². The summed E-state index contributed by atoms with van der Waals surface area (Å²) in [6, 6.07) is 25.6. The van der Waals surface area contributed by atoms with E-state index < -0.39 is 7.12 Å². The average molecular weight is 402 g/mol. The van der Waals surface area contributed by atoms with Gasteiger partial charge in [-0.05, 0) is 63.0 Å². The summed E-state index contributed by atoms with van der Waals surface area (Å²) in [5.74, 6) is 2.20.